The Hall–Kier alpha value is -1.78. The highest BCUT2D eigenvalue weighted by Crippen LogP contribution is 2.27. The fourth-order valence-corrected chi connectivity index (χ4v) is 2.06. The van der Waals surface area contributed by atoms with Gasteiger partial charge in [0.2, 0.25) is 0 Å². The van der Waals surface area contributed by atoms with Crippen molar-refractivity contribution in [3.8, 4) is 0 Å². The van der Waals surface area contributed by atoms with Gasteiger partial charge in [0.05, 0.1) is 12.3 Å². The van der Waals surface area contributed by atoms with Crippen LogP contribution in [0.3, 0.4) is 0 Å². The van der Waals surface area contributed by atoms with Crippen molar-refractivity contribution in [1.82, 2.24) is 4.90 Å². The molecule has 1 rings (SSSR count). The first kappa shape index (κ1) is 20.3. The van der Waals surface area contributed by atoms with E-state index in [9.17, 15) is 13.2 Å². The van der Waals surface area contributed by atoms with Crippen LogP contribution in [-0.4, -0.2) is 29.1 Å². The third-order valence-corrected chi connectivity index (χ3v) is 4.23. The van der Waals surface area contributed by atoms with Crippen molar-refractivity contribution in [3.63, 3.8) is 0 Å². The highest BCUT2D eigenvalue weighted by molar-refractivity contribution is 5.88. The molecule has 0 fully saturated rings. The van der Waals surface area contributed by atoms with Crippen LogP contribution in [0.5, 0.6) is 0 Å². The minimum Gasteiger partial charge on any atom is -0.370 e. The lowest BCUT2D eigenvalue weighted by atomic mass is 10.0. The molecule has 0 radical (unpaired) electrons. The number of benzene rings is 1. The Bertz CT molecular complexity index is 628. The molecule has 0 atom stereocenters. The summed E-state index contributed by atoms with van der Waals surface area (Å²) < 4.78 is 41.3. The molecule has 0 spiro atoms. The molecule has 0 aliphatic rings. The van der Waals surface area contributed by atoms with Gasteiger partial charge in [-0.2, -0.15) is 0 Å². The molecule has 0 bridgehead atoms. The minimum atomic E-state index is -2.91. The van der Waals surface area contributed by atoms with E-state index in [1.807, 2.05) is 32.7 Å². The van der Waals surface area contributed by atoms with Gasteiger partial charge in [-0.05, 0) is 45.4 Å². The summed E-state index contributed by atoms with van der Waals surface area (Å²) in [5.41, 5.74) is 1.11. The van der Waals surface area contributed by atoms with Gasteiger partial charge in [-0.25, -0.2) is 13.2 Å². The molecule has 0 unspecified atom stereocenters. The van der Waals surface area contributed by atoms with E-state index in [2.05, 4.69) is 11.6 Å². The average Bonchev–Trinajstić information content (AvgIpc) is 2.50. The number of rotatable bonds is 6. The summed E-state index contributed by atoms with van der Waals surface area (Å²) in [6.07, 6.45) is -0.297. The average molecular weight is 340 g/mol. The van der Waals surface area contributed by atoms with Crippen LogP contribution >= 0.6 is 0 Å². The van der Waals surface area contributed by atoms with Gasteiger partial charge in [0.25, 0.3) is 5.92 Å². The predicted molar refractivity (Wildman–Crippen MR) is 95.0 cm³/mol. The normalized spacial score (nSPS) is 13.1. The van der Waals surface area contributed by atoms with Crippen molar-refractivity contribution in [1.29, 1.82) is 0 Å². The van der Waals surface area contributed by atoms with Crippen LogP contribution in [0.1, 0.15) is 52.2 Å². The van der Waals surface area contributed by atoms with Gasteiger partial charge < -0.3 is 4.90 Å². The minimum absolute atomic E-state index is 0.0280. The Kier molecular flexibility index (Phi) is 6.26. The first-order valence-corrected chi connectivity index (χ1v) is 8.01. The highest BCUT2D eigenvalue weighted by Gasteiger charge is 2.29. The number of hydrogen-bond acceptors (Lipinski definition) is 2. The first-order valence-electron chi connectivity index (χ1n) is 8.01. The molecule has 0 saturated heterocycles. The highest BCUT2D eigenvalue weighted by atomic mass is 19.3. The second-order valence-electron chi connectivity index (χ2n) is 6.95. The van der Waals surface area contributed by atoms with Gasteiger partial charge in [-0.15, -0.1) is 0 Å². The van der Waals surface area contributed by atoms with E-state index in [-0.39, 0.29) is 24.2 Å². The number of aliphatic imine (C=N–C) groups is 1. The van der Waals surface area contributed by atoms with E-state index in [4.69, 9.17) is 0 Å². The van der Waals surface area contributed by atoms with Crippen LogP contribution in [0.4, 0.5) is 13.2 Å². The maximum absolute atomic E-state index is 14.4. The number of nitrogens with zero attached hydrogens (tertiary/aromatic N) is 2. The Morgan fingerprint density at radius 1 is 1.25 bits per heavy atom. The smallest absolute Gasteiger partial charge is 0.285 e. The zero-order valence-corrected chi connectivity index (χ0v) is 15.4. The van der Waals surface area contributed by atoms with Crippen LogP contribution in [0, 0.1) is 5.82 Å². The van der Waals surface area contributed by atoms with Crippen LogP contribution < -0.4 is 0 Å². The van der Waals surface area contributed by atoms with Gasteiger partial charge in [-0.3, -0.25) is 4.99 Å². The lowest BCUT2D eigenvalue weighted by molar-refractivity contribution is 0.0728. The molecule has 5 heteroatoms. The first-order chi connectivity index (χ1) is 10.9. The van der Waals surface area contributed by atoms with Gasteiger partial charge in [-0.1, -0.05) is 19.6 Å². The quantitative estimate of drug-likeness (QED) is 0.621. The van der Waals surface area contributed by atoms with Crippen LogP contribution in [0.15, 0.2) is 29.8 Å². The molecule has 0 saturated carbocycles. The summed E-state index contributed by atoms with van der Waals surface area (Å²) in [6, 6.07) is 4.65. The fraction of sp³-hybridized carbons (Fsp3) is 0.526. The van der Waals surface area contributed by atoms with Crippen molar-refractivity contribution < 1.29 is 13.2 Å². The molecule has 0 amide bonds. The third kappa shape index (κ3) is 4.86. The Morgan fingerprint density at radius 3 is 2.29 bits per heavy atom. The summed E-state index contributed by atoms with van der Waals surface area (Å²) in [4.78, 5) is 5.79. The summed E-state index contributed by atoms with van der Waals surface area (Å²) in [5, 5.41) is 0. The summed E-state index contributed by atoms with van der Waals surface area (Å²) in [7, 11) is 1.86. The molecule has 134 valence electrons. The van der Waals surface area contributed by atoms with Crippen molar-refractivity contribution in [2.75, 3.05) is 7.05 Å². The number of hydrogen-bond donors (Lipinski definition) is 0. The van der Waals surface area contributed by atoms with E-state index in [0.717, 1.165) is 0 Å². The van der Waals surface area contributed by atoms with Crippen molar-refractivity contribution in [2.24, 2.45) is 4.99 Å². The molecule has 0 heterocycles. The Balaban J connectivity index is 2.97. The maximum Gasteiger partial charge on any atom is 0.285 e. The Labute approximate surface area is 143 Å². The molecule has 1 aromatic carbocycles. The standard InChI is InChI=1S/C19H27F3N2/c1-8-19(21,22)14(3)23-12-15-9-10-16(17(20)11-15)13(2)24(7)18(4,5)6/h9-11H,2,8,12H2,1,3-7H3. The molecule has 2 nitrogen and oxygen atoms in total. The van der Waals surface area contributed by atoms with Crippen LogP contribution in [0.2, 0.25) is 0 Å². The zero-order valence-electron chi connectivity index (χ0n) is 15.4. The van der Waals surface area contributed by atoms with Gasteiger partial charge in [0.1, 0.15) is 5.82 Å². The lowest BCUT2D eigenvalue weighted by Crippen LogP contribution is -2.36. The molecular weight excluding hydrogens is 313 g/mol. The number of alkyl halides is 2. The summed E-state index contributed by atoms with van der Waals surface area (Å²) in [5.74, 6) is -3.34. The lowest BCUT2D eigenvalue weighted by Gasteiger charge is -2.35. The maximum atomic E-state index is 14.4. The molecule has 0 aromatic heterocycles. The predicted octanol–water partition coefficient (Wildman–Crippen LogP) is 5.53. The molecular formula is C19H27F3N2. The second-order valence-corrected chi connectivity index (χ2v) is 6.95. The second kappa shape index (κ2) is 7.41. The molecule has 0 aliphatic carbocycles. The summed E-state index contributed by atoms with van der Waals surface area (Å²) >= 11 is 0. The van der Waals surface area contributed by atoms with Crippen LogP contribution in [-0.2, 0) is 6.54 Å². The van der Waals surface area contributed by atoms with Gasteiger partial charge >= 0.3 is 0 Å². The van der Waals surface area contributed by atoms with Gasteiger partial charge in [0, 0.05) is 30.3 Å². The topological polar surface area (TPSA) is 15.6 Å². The SMILES string of the molecule is C=C(c1ccc(CN=C(C)C(F)(F)CC)cc1F)N(C)C(C)(C)C. The molecule has 0 N–H and O–H groups in total. The van der Waals surface area contributed by atoms with Crippen molar-refractivity contribution in [2.45, 2.75) is 59.0 Å². The molecule has 1 aromatic rings. The van der Waals surface area contributed by atoms with E-state index in [1.165, 1.54) is 19.9 Å². The number of halogens is 3. The monoisotopic (exact) mass is 340 g/mol. The molecule has 0 aliphatic heterocycles. The van der Waals surface area contributed by atoms with Crippen LogP contribution in [0.25, 0.3) is 5.70 Å². The van der Waals surface area contributed by atoms with E-state index in [0.29, 0.717) is 16.8 Å². The van der Waals surface area contributed by atoms with E-state index < -0.39 is 11.7 Å². The van der Waals surface area contributed by atoms with E-state index in [1.54, 1.807) is 12.1 Å². The Morgan fingerprint density at radius 2 is 1.83 bits per heavy atom. The third-order valence-electron chi connectivity index (χ3n) is 4.23. The van der Waals surface area contributed by atoms with E-state index >= 15 is 0 Å². The summed E-state index contributed by atoms with van der Waals surface area (Å²) in [6.45, 7) is 12.7. The van der Waals surface area contributed by atoms with Gasteiger partial charge in [0.15, 0.2) is 0 Å². The largest absolute Gasteiger partial charge is 0.370 e. The zero-order chi connectivity index (χ0) is 18.7. The fourth-order valence-electron chi connectivity index (χ4n) is 2.06. The van der Waals surface area contributed by atoms with Crippen molar-refractivity contribution in [3.05, 3.63) is 41.7 Å². The molecule has 24 heavy (non-hydrogen) atoms. The van der Waals surface area contributed by atoms with Crippen molar-refractivity contribution >= 4 is 11.4 Å².